The fourth-order valence-corrected chi connectivity index (χ4v) is 2.05. The zero-order valence-corrected chi connectivity index (χ0v) is 8.69. The molecule has 16 heavy (non-hydrogen) atoms. The third kappa shape index (κ3) is 2.30. The van der Waals surface area contributed by atoms with E-state index in [0.717, 1.165) is 0 Å². The minimum absolute atomic E-state index is 0.0355. The normalized spacial score (nSPS) is 12.2. The van der Waals surface area contributed by atoms with Crippen LogP contribution in [0.4, 0.5) is 13.2 Å². The molecule has 0 unspecified atom stereocenters. The minimum atomic E-state index is -4.33. The first-order valence-electron chi connectivity index (χ1n) is 4.32. The third-order valence-electron chi connectivity index (χ3n) is 1.98. The maximum atomic E-state index is 12.2. The molecule has 0 aliphatic rings. The topological polar surface area (TPSA) is 48.9 Å². The molecule has 2 rings (SSSR count). The Kier molecular flexibility index (Phi) is 2.81. The molecule has 2 aromatic rings. The van der Waals surface area contributed by atoms with Gasteiger partial charge < -0.3 is 10.1 Å². The van der Waals surface area contributed by atoms with Gasteiger partial charge in [0.25, 0.3) is 0 Å². The summed E-state index contributed by atoms with van der Waals surface area (Å²) in [5.74, 6) is 0. The van der Waals surface area contributed by atoms with E-state index in [1.807, 2.05) is 0 Å². The number of nitrogens with zero attached hydrogens (tertiary/aromatic N) is 1. The highest BCUT2D eigenvalue weighted by Gasteiger charge is 2.29. The van der Waals surface area contributed by atoms with Gasteiger partial charge in [0, 0.05) is 10.5 Å². The summed E-state index contributed by atoms with van der Waals surface area (Å²) in [5, 5.41) is 9.03. The minimum Gasteiger partial charge on any atom is -0.392 e. The van der Waals surface area contributed by atoms with Gasteiger partial charge in [-0.3, -0.25) is 0 Å². The molecule has 1 aromatic heterocycles. The lowest BCUT2D eigenvalue weighted by molar-refractivity contribution is -0.0328. The first-order valence-corrected chi connectivity index (χ1v) is 5.14. The molecule has 0 saturated carbocycles. The number of fused-ring (bicyclic) bond motifs is 1. The van der Waals surface area contributed by atoms with Crippen LogP contribution >= 0.6 is 11.8 Å². The van der Waals surface area contributed by atoms with Gasteiger partial charge in [0.1, 0.15) is 0 Å². The van der Waals surface area contributed by atoms with Crippen LogP contribution in [-0.2, 0) is 6.61 Å². The van der Waals surface area contributed by atoms with Gasteiger partial charge in [-0.25, -0.2) is 4.98 Å². The summed E-state index contributed by atoms with van der Waals surface area (Å²) in [4.78, 5) is 6.67. The van der Waals surface area contributed by atoms with Crippen LogP contribution in [-0.4, -0.2) is 20.6 Å². The lowest BCUT2D eigenvalue weighted by Gasteiger charge is -2.07. The number of aromatic amines is 1. The van der Waals surface area contributed by atoms with E-state index in [1.54, 1.807) is 0 Å². The number of nitrogens with one attached hydrogen (secondary N) is 1. The van der Waals surface area contributed by atoms with Crippen molar-refractivity contribution in [3.8, 4) is 0 Å². The van der Waals surface area contributed by atoms with E-state index in [9.17, 15) is 13.2 Å². The number of imidazole rings is 1. The van der Waals surface area contributed by atoms with E-state index in [0.29, 0.717) is 16.6 Å². The molecule has 86 valence electrons. The van der Waals surface area contributed by atoms with Gasteiger partial charge >= 0.3 is 5.51 Å². The predicted octanol–water partition coefficient (Wildman–Crippen LogP) is 2.67. The van der Waals surface area contributed by atoms with Crippen LogP contribution in [0.3, 0.4) is 0 Å². The maximum Gasteiger partial charge on any atom is 0.446 e. The van der Waals surface area contributed by atoms with Crippen molar-refractivity contribution in [1.82, 2.24) is 9.97 Å². The molecule has 1 heterocycles. The highest BCUT2D eigenvalue weighted by molar-refractivity contribution is 8.00. The molecule has 0 bridgehead atoms. The number of halogens is 3. The van der Waals surface area contributed by atoms with E-state index >= 15 is 0 Å². The van der Waals surface area contributed by atoms with Gasteiger partial charge in [-0.15, -0.1) is 0 Å². The van der Waals surface area contributed by atoms with Crippen molar-refractivity contribution >= 4 is 22.8 Å². The Balaban J connectivity index is 2.47. The molecule has 0 aliphatic carbocycles. The van der Waals surface area contributed by atoms with Crippen LogP contribution in [0.15, 0.2) is 23.4 Å². The number of benzene rings is 1. The first-order chi connectivity index (χ1) is 7.49. The summed E-state index contributed by atoms with van der Waals surface area (Å²) < 4.78 is 36.5. The second-order valence-corrected chi connectivity index (χ2v) is 4.23. The molecular weight excluding hydrogens is 241 g/mol. The van der Waals surface area contributed by atoms with E-state index < -0.39 is 5.51 Å². The summed E-state index contributed by atoms with van der Waals surface area (Å²) >= 11 is -0.210. The van der Waals surface area contributed by atoms with Gasteiger partial charge in [-0.05, 0) is 23.9 Å². The molecule has 0 amide bonds. The Bertz CT molecular complexity index is 509. The Morgan fingerprint density at radius 2 is 2.12 bits per heavy atom. The highest BCUT2D eigenvalue weighted by Crippen LogP contribution is 2.38. The summed E-state index contributed by atoms with van der Waals surface area (Å²) in [5.41, 5.74) is -2.97. The van der Waals surface area contributed by atoms with Crippen molar-refractivity contribution in [2.75, 3.05) is 0 Å². The first kappa shape index (κ1) is 11.3. The van der Waals surface area contributed by atoms with Crippen molar-refractivity contribution in [1.29, 1.82) is 0 Å². The van der Waals surface area contributed by atoms with Crippen molar-refractivity contribution in [2.45, 2.75) is 17.0 Å². The number of aliphatic hydroxyl groups is 1. The van der Waals surface area contributed by atoms with Crippen molar-refractivity contribution < 1.29 is 18.3 Å². The molecule has 0 radical (unpaired) electrons. The molecule has 0 fully saturated rings. The molecule has 1 aromatic carbocycles. The molecule has 2 N–H and O–H groups in total. The maximum absolute atomic E-state index is 12.2. The fraction of sp³-hybridized carbons (Fsp3) is 0.222. The van der Waals surface area contributed by atoms with Gasteiger partial charge in [-0.1, -0.05) is 0 Å². The second-order valence-electron chi connectivity index (χ2n) is 3.09. The molecular formula is C9H7F3N2OS. The number of rotatable bonds is 2. The average Bonchev–Trinajstić information content (AvgIpc) is 2.61. The van der Waals surface area contributed by atoms with Crippen LogP contribution < -0.4 is 0 Å². The third-order valence-corrected chi connectivity index (χ3v) is 2.68. The lowest BCUT2D eigenvalue weighted by atomic mass is 10.2. The summed E-state index contributed by atoms with van der Waals surface area (Å²) in [6, 6.07) is 2.65. The standard InChI is InChI=1S/C9H7F3N2OS/c10-9(11,12)16-6-1-5(3-15)8-7(2-6)13-4-14-8/h1-2,4,15H,3H2,(H,13,14). The zero-order chi connectivity index (χ0) is 11.8. The predicted molar refractivity (Wildman–Crippen MR) is 53.9 cm³/mol. The Morgan fingerprint density at radius 3 is 2.75 bits per heavy atom. The summed E-state index contributed by atoms with van der Waals surface area (Å²) in [6.07, 6.45) is 1.38. The van der Waals surface area contributed by atoms with Gasteiger partial charge in [0.2, 0.25) is 0 Å². The molecule has 0 aliphatic heterocycles. The zero-order valence-electron chi connectivity index (χ0n) is 7.88. The largest absolute Gasteiger partial charge is 0.446 e. The number of H-pyrrole nitrogens is 1. The number of alkyl halides is 3. The quantitative estimate of drug-likeness (QED) is 0.803. The SMILES string of the molecule is OCc1cc(SC(F)(F)F)cc2[nH]cnc12. The fourth-order valence-electron chi connectivity index (χ4n) is 1.41. The number of hydrogen-bond acceptors (Lipinski definition) is 3. The molecule has 0 atom stereocenters. The van der Waals surface area contributed by atoms with Gasteiger partial charge in [0.15, 0.2) is 0 Å². The number of aliphatic hydroxyl groups excluding tert-OH is 1. The van der Waals surface area contributed by atoms with Gasteiger partial charge in [-0.2, -0.15) is 13.2 Å². The Morgan fingerprint density at radius 1 is 1.38 bits per heavy atom. The van der Waals surface area contributed by atoms with Crippen molar-refractivity contribution in [2.24, 2.45) is 0 Å². The number of thioether (sulfide) groups is 1. The molecule has 7 heteroatoms. The van der Waals surface area contributed by atoms with E-state index in [1.165, 1.54) is 18.5 Å². The average molecular weight is 248 g/mol. The molecule has 0 saturated heterocycles. The number of aromatic nitrogens is 2. The van der Waals surface area contributed by atoms with Gasteiger partial charge in [0.05, 0.1) is 24.0 Å². The lowest BCUT2D eigenvalue weighted by Crippen LogP contribution is -1.99. The number of hydrogen-bond donors (Lipinski definition) is 2. The molecule has 3 nitrogen and oxygen atoms in total. The monoisotopic (exact) mass is 248 g/mol. The Hall–Kier alpha value is -1.21. The smallest absolute Gasteiger partial charge is 0.392 e. The molecule has 0 spiro atoms. The van der Waals surface area contributed by atoms with Crippen LogP contribution in [0.2, 0.25) is 0 Å². The summed E-state index contributed by atoms with van der Waals surface area (Å²) in [6.45, 7) is -0.340. The van der Waals surface area contributed by atoms with Crippen LogP contribution in [0.1, 0.15) is 5.56 Å². The second kappa shape index (κ2) is 3.99. The van der Waals surface area contributed by atoms with Crippen LogP contribution in [0.5, 0.6) is 0 Å². The van der Waals surface area contributed by atoms with E-state index in [2.05, 4.69) is 9.97 Å². The van der Waals surface area contributed by atoms with Crippen molar-refractivity contribution in [3.63, 3.8) is 0 Å². The van der Waals surface area contributed by atoms with Crippen LogP contribution in [0, 0.1) is 0 Å². The summed E-state index contributed by atoms with van der Waals surface area (Å²) in [7, 11) is 0. The Labute approximate surface area is 92.7 Å². The van der Waals surface area contributed by atoms with Crippen molar-refractivity contribution in [3.05, 3.63) is 24.0 Å². The highest BCUT2D eigenvalue weighted by atomic mass is 32.2. The van der Waals surface area contributed by atoms with E-state index in [-0.39, 0.29) is 23.3 Å². The van der Waals surface area contributed by atoms with E-state index in [4.69, 9.17) is 5.11 Å². The van der Waals surface area contributed by atoms with Crippen LogP contribution in [0.25, 0.3) is 11.0 Å².